The predicted molar refractivity (Wildman–Crippen MR) is 71.6 cm³/mol. The number of phenolic OH excluding ortho intramolecular Hbond substituents is 1. The molecule has 0 saturated carbocycles. The molecule has 0 aliphatic carbocycles. The summed E-state index contributed by atoms with van der Waals surface area (Å²) in [6, 6.07) is 3.11. The molecule has 2 N–H and O–H groups in total. The zero-order valence-electron chi connectivity index (χ0n) is 10.9. The van der Waals surface area contributed by atoms with E-state index in [1.165, 1.54) is 18.6 Å². The summed E-state index contributed by atoms with van der Waals surface area (Å²) in [4.78, 5) is 3.82. The van der Waals surface area contributed by atoms with Crippen molar-refractivity contribution >= 4 is 15.7 Å². The monoisotopic (exact) mass is 281 g/mol. The number of sulfonamides is 1. The van der Waals surface area contributed by atoms with Crippen LogP contribution in [0.4, 0.5) is 5.69 Å². The van der Waals surface area contributed by atoms with Gasteiger partial charge in [0, 0.05) is 13.2 Å². The van der Waals surface area contributed by atoms with Crippen LogP contribution in [0.15, 0.2) is 29.7 Å². The minimum absolute atomic E-state index is 0.0415. The third kappa shape index (κ3) is 2.70. The number of aromatic nitrogens is 2. The van der Waals surface area contributed by atoms with Gasteiger partial charge in [0.05, 0.1) is 12.0 Å². The first-order valence-electron chi connectivity index (χ1n) is 5.60. The molecule has 0 atom stereocenters. The number of imidazole rings is 1. The van der Waals surface area contributed by atoms with E-state index in [2.05, 4.69) is 9.71 Å². The van der Waals surface area contributed by atoms with Crippen molar-refractivity contribution < 1.29 is 13.5 Å². The summed E-state index contributed by atoms with van der Waals surface area (Å²) in [5, 5.41) is 9.51. The van der Waals surface area contributed by atoms with Gasteiger partial charge in [-0.1, -0.05) is 0 Å². The Morgan fingerprint density at radius 3 is 2.53 bits per heavy atom. The molecule has 2 aromatic rings. The van der Waals surface area contributed by atoms with Gasteiger partial charge in [-0.15, -0.1) is 0 Å². The molecule has 7 heteroatoms. The molecule has 19 heavy (non-hydrogen) atoms. The minimum Gasteiger partial charge on any atom is -0.508 e. The van der Waals surface area contributed by atoms with Crippen LogP contribution < -0.4 is 4.72 Å². The topological polar surface area (TPSA) is 84.2 Å². The van der Waals surface area contributed by atoms with Gasteiger partial charge in [0.2, 0.25) is 0 Å². The fourth-order valence-corrected chi connectivity index (χ4v) is 2.74. The fourth-order valence-electron chi connectivity index (χ4n) is 1.64. The summed E-state index contributed by atoms with van der Waals surface area (Å²) in [5.41, 5.74) is 1.67. The molecule has 0 aliphatic rings. The molecule has 1 aromatic carbocycles. The lowest BCUT2D eigenvalue weighted by molar-refractivity contribution is 0.471. The van der Waals surface area contributed by atoms with Crippen molar-refractivity contribution in [1.29, 1.82) is 0 Å². The Hall–Kier alpha value is -2.02. The number of phenols is 1. The lowest BCUT2D eigenvalue weighted by atomic mass is 10.1. The van der Waals surface area contributed by atoms with Gasteiger partial charge in [-0.2, -0.15) is 8.42 Å². The molecular weight excluding hydrogens is 266 g/mol. The van der Waals surface area contributed by atoms with Gasteiger partial charge in [-0.25, -0.2) is 4.98 Å². The Labute approximate surface area is 111 Å². The van der Waals surface area contributed by atoms with Crippen molar-refractivity contribution in [2.24, 2.45) is 7.05 Å². The van der Waals surface area contributed by atoms with Crippen LogP contribution in [-0.2, 0) is 17.1 Å². The molecule has 102 valence electrons. The molecule has 0 bridgehead atoms. The van der Waals surface area contributed by atoms with Crippen LogP contribution in [0, 0.1) is 13.8 Å². The van der Waals surface area contributed by atoms with Crippen molar-refractivity contribution in [2.75, 3.05) is 4.72 Å². The van der Waals surface area contributed by atoms with E-state index in [-0.39, 0.29) is 10.8 Å². The van der Waals surface area contributed by atoms with E-state index in [0.717, 1.165) is 0 Å². The number of benzene rings is 1. The zero-order chi connectivity index (χ0) is 14.2. The summed E-state index contributed by atoms with van der Waals surface area (Å²) in [7, 11) is -2.01. The van der Waals surface area contributed by atoms with Crippen molar-refractivity contribution in [2.45, 2.75) is 18.9 Å². The van der Waals surface area contributed by atoms with Crippen molar-refractivity contribution in [3.8, 4) is 5.75 Å². The Morgan fingerprint density at radius 1 is 1.26 bits per heavy atom. The van der Waals surface area contributed by atoms with Gasteiger partial charge < -0.3 is 9.67 Å². The number of aryl methyl sites for hydroxylation is 3. The average molecular weight is 281 g/mol. The number of hydrogen-bond acceptors (Lipinski definition) is 4. The highest BCUT2D eigenvalue weighted by atomic mass is 32.2. The molecule has 0 unspecified atom stereocenters. The Bertz CT molecular complexity index is 720. The largest absolute Gasteiger partial charge is 0.508 e. The number of nitrogens with one attached hydrogen (secondary N) is 1. The van der Waals surface area contributed by atoms with Crippen LogP contribution in [0.25, 0.3) is 0 Å². The van der Waals surface area contributed by atoms with E-state index < -0.39 is 10.0 Å². The average Bonchev–Trinajstić information content (AvgIpc) is 2.73. The smallest absolute Gasteiger partial charge is 0.280 e. The normalized spacial score (nSPS) is 11.5. The second kappa shape index (κ2) is 4.58. The van der Waals surface area contributed by atoms with Crippen molar-refractivity contribution in [3.63, 3.8) is 0 Å². The van der Waals surface area contributed by atoms with Gasteiger partial charge in [0.25, 0.3) is 10.0 Å². The van der Waals surface area contributed by atoms with Gasteiger partial charge in [-0.3, -0.25) is 4.72 Å². The summed E-state index contributed by atoms with van der Waals surface area (Å²) in [5.74, 6) is 0.137. The zero-order valence-corrected chi connectivity index (χ0v) is 11.7. The maximum absolute atomic E-state index is 12.1. The van der Waals surface area contributed by atoms with E-state index in [9.17, 15) is 13.5 Å². The molecule has 0 aliphatic heterocycles. The van der Waals surface area contributed by atoms with Gasteiger partial charge in [0.1, 0.15) is 5.75 Å². The van der Waals surface area contributed by atoms with Crippen LogP contribution in [0.3, 0.4) is 0 Å². The highest BCUT2D eigenvalue weighted by Crippen LogP contribution is 2.26. The molecule has 0 saturated heterocycles. The van der Waals surface area contributed by atoms with E-state index in [0.29, 0.717) is 16.8 Å². The first-order chi connectivity index (χ1) is 8.79. The molecular formula is C12H15N3O3S. The third-order valence-corrected chi connectivity index (χ3v) is 3.99. The second-order valence-electron chi connectivity index (χ2n) is 4.44. The molecule has 1 aromatic heterocycles. The molecule has 0 spiro atoms. The van der Waals surface area contributed by atoms with E-state index >= 15 is 0 Å². The second-order valence-corrected chi connectivity index (χ2v) is 6.07. The molecule has 0 radical (unpaired) electrons. The Morgan fingerprint density at radius 2 is 1.95 bits per heavy atom. The first kappa shape index (κ1) is 13.4. The van der Waals surface area contributed by atoms with E-state index in [4.69, 9.17) is 0 Å². The van der Waals surface area contributed by atoms with Crippen LogP contribution in [0.2, 0.25) is 0 Å². The number of aromatic hydroxyl groups is 1. The summed E-state index contributed by atoms with van der Waals surface area (Å²) in [6.45, 7) is 3.42. The van der Waals surface area contributed by atoms with E-state index in [1.807, 2.05) is 0 Å². The first-order valence-corrected chi connectivity index (χ1v) is 7.09. The molecule has 2 rings (SSSR count). The summed E-state index contributed by atoms with van der Waals surface area (Å²) >= 11 is 0. The minimum atomic E-state index is -3.71. The summed E-state index contributed by atoms with van der Waals surface area (Å²) in [6.07, 6.45) is 2.84. The molecule has 0 fully saturated rings. The highest BCUT2D eigenvalue weighted by molar-refractivity contribution is 7.92. The lowest BCUT2D eigenvalue weighted by Gasteiger charge is -2.11. The maximum Gasteiger partial charge on any atom is 0.280 e. The van der Waals surface area contributed by atoms with Gasteiger partial charge in [-0.05, 0) is 37.1 Å². The van der Waals surface area contributed by atoms with Crippen LogP contribution in [-0.4, -0.2) is 23.1 Å². The van der Waals surface area contributed by atoms with Gasteiger partial charge >= 0.3 is 0 Å². The lowest BCUT2D eigenvalue weighted by Crippen LogP contribution is -2.14. The van der Waals surface area contributed by atoms with Crippen LogP contribution in [0.1, 0.15) is 11.1 Å². The van der Waals surface area contributed by atoms with E-state index in [1.54, 1.807) is 31.5 Å². The van der Waals surface area contributed by atoms with Crippen molar-refractivity contribution in [1.82, 2.24) is 9.55 Å². The van der Waals surface area contributed by atoms with Gasteiger partial charge in [0.15, 0.2) is 5.03 Å². The quantitative estimate of drug-likeness (QED) is 0.836. The maximum atomic E-state index is 12.1. The van der Waals surface area contributed by atoms with Crippen LogP contribution >= 0.6 is 0 Å². The number of hydrogen-bond donors (Lipinski definition) is 2. The fraction of sp³-hybridized carbons (Fsp3) is 0.250. The number of rotatable bonds is 3. The standard InChI is InChI=1S/C12H15N3O3S/c1-8-5-11(16)9(2)4-10(8)14-19(17,18)12-6-15(3)7-13-12/h4-7,14,16H,1-3H3. The number of nitrogens with zero attached hydrogens (tertiary/aromatic N) is 2. The predicted octanol–water partition coefficient (Wildman–Crippen LogP) is 1.54. The molecule has 0 amide bonds. The SMILES string of the molecule is Cc1cc(NS(=O)(=O)c2cn(C)cn2)c(C)cc1O. The molecule has 1 heterocycles. The Kier molecular flexibility index (Phi) is 3.23. The molecule has 6 nitrogen and oxygen atoms in total. The Balaban J connectivity index is 2.38. The third-order valence-electron chi connectivity index (χ3n) is 2.74. The number of anilines is 1. The summed E-state index contributed by atoms with van der Waals surface area (Å²) < 4.78 is 28.3. The van der Waals surface area contributed by atoms with Crippen LogP contribution in [0.5, 0.6) is 5.75 Å². The van der Waals surface area contributed by atoms with Crippen molar-refractivity contribution in [3.05, 3.63) is 35.8 Å². The highest BCUT2D eigenvalue weighted by Gasteiger charge is 2.18.